The summed E-state index contributed by atoms with van der Waals surface area (Å²) in [7, 11) is 0. The van der Waals surface area contributed by atoms with E-state index in [1.807, 2.05) is 28.8 Å². The van der Waals surface area contributed by atoms with Gasteiger partial charge in [-0.1, -0.05) is 39.3 Å². The van der Waals surface area contributed by atoms with Gasteiger partial charge in [-0.05, 0) is 67.0 Å². The van der Waals surface area contributed by atoms with Gasteiger partial charge in [-0.3, -0.25) is 4.79 Å². The number of rotatable bonds is 5. The van der Waals surface area contributed by atoms with Crippen LogP contribution in [0.2, 0.25) is 0 Å². The molecule has 2 aromatic carbocycles. The number of hydrogen-bond donors (Lipinski definition) is 0. The predicted molar refractivity (Wildman–Crippen MR) is 116 cm³/mol. The molecule has 30 heavy (non-hydrogen) atoms. The fourth-order valence-electron chi connectivity index (χ4n) is 4.64. The van der Waals surface area contributed by atoms with E-state index in [4.69, 9.17) is 9.72 Å². The van der Waals surface area contributed by atoms with E-state index in [0.717, 1.165) is 29.4 Å². The van der Waals surface area contributed by atoms with E-state index in [1.165, 1.54) is 18.6 Å². The first kappa shape index (κ1) is 20.6. The highest BCUT2D eigenvalue weighted by Crippen LogP contribution is 2.35. The third-order valence-electron chi connectivity index (χ3n) is 6.29. The van der Waals surface area contributed by atoms with Crippen molar-refractivity contribution < 1.29 is 13.9 Å². The zero-order valence-electron chi connectivity index (χ0n) is 17.8. The van der Waals surface area contributed by atoms with Gasteiger partial charge in [0.2, 0.25) is 0 Å². The number of halogens is 1. The zero-order chi connectivity index (χ0) is 21.3. The number of esters is 1. The molecule has 4 nitrogen and oxygen atoms in total. The van der Waals surface area contributed by atoms with E-state index < -0.39 is 0 Å². The van der Waals surface area contributed by atoms with Crippen molar-refractivity contribution in [1.29, 1.82) is 0 Å². The summed E-state index contributed by atoms with van der Waals surface area (Å²) in [5.41, 5.74) is 2.44. The molecule has 0 N–H and O–H groups in total. The molecule has 1 aromatic heterocycles. The Kier molecular flexibility index (Phi) is 5.89. The summed E-state index contributed by atoms with van der Waals surface area (Å²) in [6.45, 7) is 6.73. The molecule has 0 saturated heterocycles. The van der Waals surface area contributed by atoms with Crippen molar-refractivity contribution in [3.05, 3.63) is 54.3 Å². The normalized spacial score (nSPS) is 21.8. The third-order valence-corrected chi connectivity index (χ3v) is 6.29. The number of fused-ring (bicyclic) bond motifs is 1. The Labute approximate surface area is 177 Å². The summed E-state index contributed by atoms with van der Waals surface area (Å²) in [6, 6.07) is 13.9. The van der Waals surface area contributed by atoms with Crippen molar-refractivity contribution in [3.8, 4) is 11.4 Å². The van der Waals surface area contributed by atoms with Crippen molar-refractivity contribution in [2.24, 2.45) is 17.8 Å². The number of para-hydroxylation sites is 2. The van der Waals surface area contributed by atoms with E-state index in [2.05, 4.69) is 20.8 Å². The smallest absolute Gasteiger partial charge is 0.326 e. The minimum atomic E-state index is -0.299. The van der Waals surface area contributed by atoms with Crippen LogP contribution in [0.3, 0.4) is 0 Å². The van der Waals surface area contributed by atoms with Crippen molar-refractivity contribution in [1.82, 2.24) is 9.55 Å². The molecule has 1 heterocycles. The molecular formula is C25H29FN2O2. The van der Waals surface area contributed by atoms with Crippen LogP contribution in [-0.2, 0) is 16.1 Å². The van der Waals surface area contributed by atoms with Gasteiger partial charge in [-0.15, -0.1) is 0 Å². The van der Waals surface area contributed by atoms with Gasteiger partial charge in [-0.2, -0.15) is 0 Å². The summed E-state index contributed by atoms with van der Waals surface area (Å²) in [5.74, 6) is 1.56. The topological polar surface area (TPSA) is 44.1 Å². The minimum absolute atomic E-state index is 0.0368. The molecule has 1 aliphatic rings. The van der Waals surface area contributed by atoms with Crippen molar-refractivity contribution in [2.45, 2.75) is 52.7 Å². The molecule has 0 spiro atoms. The van der Waals surface area contributed by atoms with E-state index in [-0.39, 0.29) is 24.4 Å². The highest BCUT2D eigenvalue weighted by Gasteiger charge is 2.33. The van der Waals surface area contributed by atoms with Crippen LogP contribution in [-0.4, -0.2) is 21.6 Å². The molecule has 0 amide bonds. The second-order valence-electron chi connectivity index (χ2n) is 8.87. The number of carbonyl (C=O) groups excluding carboxylic acids is 1. The van der Waals surface area contributed by atoms with Crippen molar-refractivity contribution >= 4 is 17.0 Å². The molecule has 5 heteroatoms. The van der Waals surface area contributed by atoms with Gasteiger partial charge in [0, 0.05) is 5.56 Å². The maximum Gasteiger partial charge on any atom is 0.326 e. The van der Waals surface area contributed by atoms with Crippen molar-refractivity contribution in [3.63, 3.8) is 0 Å². The molecular weight excluding hydrogens is 379 g/mol. The summed E-state index contributed by atoms with van der Waals surface area (Å²) in [6.07, 6.45) is 3.18. The third kappa shape index (κ3) is 4.25. The Balaban J connectivity index is 1.62. The van der Waals surface area contributed by atoms with Gasteiger partial charge in [0.25, 0.3) is 0 Å². The van der Waals surface area contributed by atoms with E-state index in [1.54, 1.807) is 12.1 Å². The molecule has 2 unspecified atom stereocenters. The van der Waals surface area contributed by atoms with Crippen LogP contribution in [0.1, 0.15) is 40.0 Å². The number of hydrogen-bond acceptors (Lipinski definition) is 3. The van der Waals surface area contributed by atoms with Gasteiger partial charge >= 0.3 is 5.97 Å². The lowest BCUT2D eigenvalue weighted by Gasteiger charge is -2.36. The number of aromatic nitrogens is 2. The number of nitrogens with zero attached hydrogens (tertiary/aromatic N) is 2. The molecule has 3 atom stereocenters. The lowest BCUT2D eigenvalue weighted by atomic mass is 9.75. The second kappa shape index (κ2) is 8.58. The second-order valence-corrected chi connectivity index (χ2v) is 8.87. The molecule has 158 valence electrons. The van der Waals surface area contributed by atoms with Crippen LogP contribution >= 0.6 is 0 Å². The maximum absolute atomic E-state index is 13.4. The molecule has 0 radical (unpaired) electrons. The molecule has 0 bridgehead atoms. The van der Waals surface area contributed by atoms with Crippen molar-refractivity contribution in [2.75, 3.05) is 0 Å². The Hall–Kier alpha value is -2.69. The Morgan fingerprint density at radius 2 is 1.90 bits per heavy atom. The molecule has 4 rings (SSSR count). The van der Waals surface area contributed by atoms with Crippen LogP contribution in [0.15, 0.2) is 48.5 Å². The first-order valence-electron chi connectivity index (χ1n) is 10.8. The monoisotopic (exact) mass is 408 g/mol. The number of benzene rings is 2. The SMILES string of the molecule is CC1CCC(C(C)C)[C@H](OC(=O)Cn2c(-c3ccc(F)cc3)nc3ccccc32)C1. The molecule has 0 aliphatic heterocycles. The summed E-state index contributed by atoms with van der Waals surface area (Å²) in [5, 5.41) is 0. The highest BCUT2D eigenvalue weighted by atomic mass is 19.1. The van der Waals surface area contributed by atoms with Gasteiger partial charge in [0.1, 0.15) is 24.3 Å². The Bertz CT molecular complexity index is 1030. The number of ether oxygens (including phenoxy) is 1. The molecule has 1 aliphatic carbocycles. The lowest BCUT2D eigenvalue weighted by Crippen LogP contribution is -2.36. The largest absolute Gasteiger partial charge is 0.461 e. The average Bonchev–Trinajstić information content (AvgIpc) is 3.07. The minimum Gasteiger partial charge on any atom is -0.461 e. The van der Waals surface area contributed by atoms with Crippen LogP contribution in [0.25, 0.3) is 22.4 Å². The quantitative estimate of drug-likeness (QED) is 0.498. The standard InChI is InChI=1S/C25H29FN2O2/c1-16(2)20-13-8-17(3)14-23(20)30-24(29)15-28-22-7-5-4-6-21(22)27-25(28)18-9-11-19(26)12-10-18/h4-7,9-12,16-17,20,23H,8,13-15H2,1-3H3/t17?,20?,23-/m1/s1. The highest BCUT2D eigenvalue weighted by molar-refractivity contribution is 5.83. The Morgan fingerprint density at radius 3 is 2.63 bits per heavy atom. The molecule has 1 saturated carbocycles. The van der Waals surface area contributed by atoms with Gasteiger partial charge < -0.3 is 9.30 Å². The first-order valence-corrected chi connectivity index (χ1v) is 10.8. The van der Waals surface area contributed by atoms with E-state index in [0.29, 0.717) is 23.6 Å². The molecule has 1 fully saturated rings. The number of imidazole rings is 1. The Morgan fingerprint density at radius 1 is 1.17 bits per heavy atom. The predicted octanol–water partition coefficient (Wildman–Crippen LogP) is 5.85. The number of carbonyl (C=O) groups is 1. The van der Waals surface area contributed by atoms with E-state index >= 15 is 0 Å². The summed E-state index contributed by atoms with van der Waals surface area (Å²) < 4.78 is 21.3. The zero-order valence-corrected chi connectivity index (χ0v) is 17.8. The van der Waals surface area contributed by atoms with Crippen LogP contribution in [0.4, 0.5) is 4.39 Å². The van der Waals surface area contributed by atoms with E-state index in [9.17, 15) is 9.18 Å². The fraction of sp³-hybridized carbons (Fsp3) is 0.440. The van der Waals surface area contributed by atoms with Crippen LogP contribution < -0.4 is 0 Å². The summed E-state index contributed by atoms with van der Waals surface area (Å²) in [4.78, 5) is 17.7. The maximum atomic E-state index is 13.4. The van der Waals surface area contributed by atoms with Gasteiger partial charge in [0.15, 0.2) is 0 Å². The summed E-state index contributed by atoms with van der Waals surface area (Å²) >= 11 is 0. The van der Waals surface area contributed by atoms with Gasteiger partial charge in [-0.25, -0.2) is 9.37 Å². The van der Waals surface area contributed by atoms with Gasteiger partial charge in [0.05, 0.1) is 11.0 Å². The van der Waals surface area contributed by atoms with Crippen LogP contribution in [0.5, 0.6) is 0 Å². The van der Waals surface area contributed by atoms with Crippen LogP contribution in [0, 0.1) is 23.6 Å². The fourth-order valence-corrected chi connectivity index (χ4v) is 4.64. The lowest BCUT2D eigenvalue weighted by molar-refractivity contribution is -0.156. The first-order chi connectivity index (χ1) is 14.4. The molecule has 3 aromatic rings. The average molecular weight is 409 g/mol.